The maximum absolute atomic E-state index is 9.04. The molecule has 0 fully saturated rings. The number of hydrogen-bond donors (Lipinski definition) is 2. The average Bonchev–Trinajstić information content (AvgIpc) is 1.87. The third kappa shape index (κ3) is 3.18. The van der Waals surface area contributed by atoms with Gasteiger partial charge in [0.15, 0.2) is 0 Å². The molecule has 2 heteroatoms. The monoisotopic (exact) mass is 145 g/mol. The maximum Gasteiger partial charge on any atom is 0.102 e. The summed E-state index contributed by atoms with van der Waals surface area (Å²) in [7, 11) is 0. The van der Waals surface area contributed by atoms with Gasteiger partial charge in [-0.1, -0.05) is 13.8 Å². The van der Waals surface area contributed by atoms with E-state index in [0.29, 0.717) is 0 Å². The molecule has 1 atom stereocenters. The van der Waals surface area contributed by atoms with Gasteiger partial charge < -0.3 is 5.11 Å². The van der Waals surface area contributed by atoms with Crippen molar-refractivity contribution in [3.63, 3.8) is 0 Å². The van der Waals surface area contributed by atoms with E-state index in [9.17, 15) is 0 Å². The van der Waals surface area contributed by atoms with E-state index in [1.807, 2.05) is 0 Å². The number of hydrogen-bond acceptors (Lipinski definition) is 2. The maximum atomic E-state index is 9.04. The van der Waals surface area contributed by atoms with Crippen LogP contribution in [0.25, 0.3) is 0 Å². The van der Waals surface area contributed by atoms with Crippen LogP contribution in [0.4, 0.5) is 0 Å². The van der Waals surface area contributed by atoms with Crippen LogP contribution in [0, 0.1) is 0 Å². The largest absolute Gasteiger partial charge is 0.379 e. The van der Waals surface area contributed by atoms with Gasteiger partial charge in [-0.05, 0) is 26.7 Å². The zero-order valence-electron chi connectivity index (χ0n) is 7.44. The minimum atomic E-state index is -0.398. The molecule has 0 aromatic carbocycles. The van der Waals surface area contributed by atoms with Crippen molar-refractivity contribution in [2.45, 2.75) is 52.3 Å². The first kappa shape index (κ1) is 9.92. The second-order valence-electron chi connectivity index (χ2n) is 3.09. The van der Waals surface area contributed by atoms with Gasteiger partial charge in [-0.2, -0.15) is 0 Å². The average molecular weight is 145 g/mol. The van der Waals surface area contributed by atoms with Gasteiger partial charge in [0.05, 0.1) is 0 Å². The van der Waals surface area contributed by atoms with Crippen molar-refractivity contribution in [2.24, 2.45) is 0 Å². The lowest BCUT2D eigenvalue weighted by Crippen LogP contribution is -2.46. The molecule has 0 aliphatic carbocycles. The summed E-state index contributed by atoms with van der Waals surface area (Å²) in [5.74, 6) is 0. The van der Waals surface area contributed by atoms with Crippen LogP contribution >= 0.6 is 0 Å². The van der Waals surface area contributed by atoms with Crippen LogP contribution in [0.15, 0.2) is 0 Å². The molecule has 0 aromatic heterocycles. The summed E-state index contributed by atoms with van der Waals surface area (Å²) in [6.45, 7) is 8.13. The first-order valence-electron chi connectivity index (χ1n) is 4.00. The summed E-state index contributed by atoms with van der Waals surface area (Å²) in [5, 5.41) is 12.2. The Morgan fingerprint density at radius 2 is 1.80 bits per heavy atom. The van der Waals surface area contributed by atoms with Crippen molar-refractivity contribution in [3.05, 3.63) is 0 Å². The minimum Gasteiger partial charge on any atom is -0.379 e. The van der Waals surface area contributed by atoms with Crippen molar-refractivity contribution in [3.8, 4) is 0 Å². The van der Waals surface area contributed by atoms with E-state index in [-0.39, 0.29) is 5.54 Å². The fourth-order valence-electron chi connectivity index (χ4n) is 0.958. The molecule has 0 heterocycles. The van der Waals surface area contributed by atoms with Crippen LogP contribution in [0.1, 0.15) is 40.5 Å². The molecule has 0 spiro atoms. The molecule has 0 aromatic rings. The first-order valence-corrected chi connectivity index (χ1v) is 4.00. The highest BCUT2D eigenvalue weighted by Gasteiger charge is 2.19. The Bertz CT molecular complexity index is 87.3. The van der Waals surface area contributed by atoms with E-state index in [0.717, 1.165) is 12.8 Å². The van der Waals surface area contributed by atoms with Crippen molar-refractivity contribution >= 4 is 0 Å². The second kappa shape index (κ2) is 3.94. The van der Waals surface area contributed by atoms with Gasteiger partial charge in [0.2, 0.25) is 0 Å². The Kier molecular flexibility index (Phi) is 3.91. The normalized spacial score (nSPS) is 15.3. The molecule has 10 heavy (non-hydrogen) atoms. The molecule has 2 N–H and O–H groups in total. The van der Waals surface area contributed by atoms with Crippen LogP contribution < -0.4 is 5.32 Å². The molecule has 0 bridgehead atoms. The Morgan fingerprint density at radius 1 is 1.40 bits per heavy atom. The van der Waals surface area contributed by atoms with E-state index < -0.39 is 6.23 Å². The van der Waals surface area contributed by atoms with Crippen LogP contribution in [0.5, 0.6) is 0 Å². The van der Waals surface area contributed by atoms with E-state index in [1.54, 1.807) is 6.92 Å². The van der Waals surface area contributed by atoms with Gasteiger partial charge >= 0.3 is 0 Å². The summed E-state index contributed by atoms with van der Waals surface area (Å²) in [6, 6.07) is 0. The van der Waals surface area contributed by atoms with E-state index in [4.69, 9.17) is 5.11 Å². The van der Waals surface area contributed by atoms with E-state index >= 15 is 0 Å². The molecule has 0 radical (unpaired) electrons. The summed E-state index contributed by atoms with van der Waals surface area (Å²) >= 11 is 0. The second-order valence-corrected chi connectivity index (χ2v) is 3.09. The third-order valence-corrected chi connectivity index (χ3v) is 2.12. The number of rotatable bonds is 4. The first-order chi connectivity index (χ1) is 4.54. The molecular formula is C8H19NO. The molecule has 0 rings (SSSR count). The Hall–Kier alpha value is -0.0800. The quantitative estimate of drug-likeness (QED) is 0.587. The van der Waals surface area contributed by atoms with Crippen LogP contribution in [0.3, 0.4) is 0 Å². The molecule has 2 nitrogen and oxygen atoms in total. The molecule has 1 unspecified atom stereocenters. The predicted molar refractivity (Wildman–Crippen MR) is 43.8 cm³/mol. The van der Waals surface area contributed by atoms with E-state index in [1.165, 1.54) is 0 Å². The predicted octanol–water partition coefficient (Wildman–Crippen LogP) is 1.49. The lowest BCUT2D eigenvalue weighted by molar-refractivity contribution is 0.108. The van der Waals surface area contributed by atoms with Gasteiger partial charge in [0.25, 0.3) is 0 Å². The zero-order chi connectivity index (χ0) is 8.20. The molecule has 62 valence electrons. The highest BCUT2D eigenvalue weighted by molar-refractivity contribution is 4.79. The zero-order valence-corrected chi connectivity index (χ0v) is 7.44. The standard InChI is InChI=1S/C8H19NO/c1-5-8(4,6-2)9-7(3)10/h7,9-10H,5-6H2,1-4H3. The Balaban J connectivity index is 3.80. The molecule has 0 saturated carbocycles. The van der Waals surface area contributed by atoms with Gasteiger partial charge in [-0.25, -0.2) is 0 Å². The van der Waals surface area contributed by atoms with Crippen molar-refractivity contribution in [2.75, 3.05) is 0 Å². The number of aliphatic hydroxyl groups excluding tert-OH is 1. The van der Waals surface area contributed by atoms with Gasteiger partial charge in [-0.15, -0.1) is 0 Å². The van der Waals surface area contributed by atoms with E-state index in [2.05, 4.69) is 26.1 Å². The summed E-state index contributed by atoms with van der Waals surface area (Å²) in [4.78, 5) is 0. The SMILES string of the molecule is CCC(C)(CC)NC(C)O. The van der Waals surface area contributed by atoms with Crippen molar-refractivity contribution in [1.29, 1.82) is 0 Å². The molecule has 0 saturated heterocycles. The smallest absolute Gasteiger partial charge is 0.102 e. The van der Waals surface area contributed by atoms with Gasteiger partial charge in [-0.3, -0.25) is 5.32 Å². The highest BCUT2D eigenvalue weighted by atomic mass is 16.3. The van der Waals surface area contributed by atoms with Crippen LogP contribution in [-0.4, -0.2) is 16.9 Å². The Morgan fingerprint density at radius 3 is 1.90 bits per heavy atom. The fourth-order valence-corrected chi connectivity index (χ4v) is 0.958. The number of nitrogens with one attached hydrogen (secondary N) is 1. The molecule has 0 aliphatic heterocycles. The van der Waals surface area contributed by atoms with Crippen LogP contribution in [-0.2, 0) is 0 Å². The molecular weight excluding hydrogens is 126 g/mol. The van der Waals surface area contributed by atoms with Gasteiger partial charge in [0, 0.05) is 5.54 Å². The fraction of sp³-hybridized carbons (Fsp3) is 1.00. The highest BCUT2D eigenvalue weighted by Crippen LogP contribution is 2.13. The number of aliphatic hydroxyl groups is 1. The topological polar surface area (TPSA) is 32.3 Å². The minimum absolute atomic E-state index is 0.105. The lowest BCUT2D eigenvalue weighted by atomic mass is 9.95. The summed E-state index contributed by atoms with van der Waals surface area (Å²) < 4.78 is 0. The Labute approximate surface area is 63.6 Å². The van der Waals surface area contributed by atoms with Crippen LogP contribution in [0.2, 0.25) is 0 Å². The van der Waals surface area contributed by atoms with Crippen molar-refractivity contribution in [1.82, 2.24) is 5.32 Å². The summed E-state index contributed by atoms with van der Waals surface area (Å²) in [5.41, 5.74) is 0.105. The molecule has 0 aliphatic rings. The lowest BCUT2D eigenvalue weighted by Gasteiger charge is -2.29. The third-order valence-electron chi connectivity index (χ3n) is 2.12. The summed E-state index contributed by atoms with van der Waals surface area (Å²) in [6.07, 6.45) is 1.70. The van der Waals surface area contributed by atoms with Crippen molar-refractivity contribution < 1.29 is 5.11 Å². The molecule has 0 amide bonds. The van der Waals surface area contributed by atoms with Gasteiger partial charge in [0.1, 0.15) is 6.23 Å².